The second-order valence-electron chi connectivity index (χ2n) is 13.1. The zero-order valence-corrected chi connectivity index (χ0v) is 21.6. The van der Waals surface area contributed by atoms with Crippen molar-refractivity contribution in [2.75, 3.05) is 6.61 Å². The van der Waals surface area contributed by atoms with E-state index in [0.29, 0.717) is 29.5 Å². The van der Waals surface area contributed by atoms with Crippen LogP contribution in [0.2, 0.25) is 0 Å². The first-order valence-electron chi connectivity index (χ1n) is 13.8. The van der Waals surface area contributed by atoms with E-state index in [2.05, 4.69) is 33.8 Å². The first-order valence-corrected chi connectivity index (χ1v) is 13.8. The molecule has 0 N–H and O–H groups in total. The van der Waals surface area contributed by atoms with Gasteiger partial charge in [0.05, 0.1) is 12.7 Å². The van der Waals surface area contributed by atoms with Crippen molar-refractivity contribution in [3.8, 4) is 0 Å². The van der Waals surface area contributed by atoms with E-state index in [-0.39, 0.29) is 40.8 Å². The van der Waals surface area contributed by atoms with Gasteiger partial charge in [-0.15, -0.1) is 0 Å². The summed E-state index contributed by atoms with van der Waals surface area (Å²) in [6.07, 6.45) is 10.4. The Morgan fingerprint density at radius 2 is 1.91 bits per heavy atom. The van der Waals surface area contributed by atoms with E-state index in [0.717, 1.165) is 58.0 Å². The van der Waals surface area contributed by atoms with Crippen molar-refractivity contribution in [1.29, 1.82) is 0 Å². The molecule has 0 aromatic heterocycles. The molecule has 1 spiro atoms. The normalized spacial score (nSPS) is 54.0. The van der Waals surface area contributed by atoms with E-state index in [1.54, 1.807) is 0 Å². The first kappa shape index (κ1) is 23.2. The Balaban J connectivity index is 1.30. The van der Waals surface area contributed by atoms with Gasteiger partial charge in [0.15, 0.2) is 11.6 Å². The molecular weight excluding hydrogens is 428 g/mol. The third-order valence-electron chi connectivity index (χ3n) is 11.5. The minimum atomic E-state index is -0.496. The maximum Gasteiger partial charge on any atom is 0.302 e. The minimum Gasteiger partial charge on any atom is -0.463 e. The highest BCUT2D eigenvalue weighted by atomic mass is 16.7. The number of hydrogen-bond acceptors (Lipinski definition) is 5. The lowest BCUT2D eigenvalue weighted by atomic mass is 9.48. The molecule has 0 aromatic carbocycles. The quantitative estimate of drug-likeness (QED) is 0.476. The van der Waals surface area contributed by atoms with Gasteiger partial charge in [-0.05, 0) is 80.1 Å². The van der Waals surface area contributed by atoms with Gasteiger partial charge in [-0.1, -0.05) is 33.3 Å². The third-order valence-corrected chi connectivity index (χ3v) is 11.5. The molecule has 11 atom stereocenters. The summed E-state index contributed by atoms with van der Waals surface area (Å²) >= 11 is 0. The van der Waals surface area contributed by atoms with Crippen molar-refractivity contribution in [2.45, 2.75) is 104 Å². The maximum absolute atomic E-state index is 14.1. The van der Waals surface area contributed by atoms with Crippen LogP contribution in [0.25, 0.3) is 0 Å². The van der Waals surface area contributed by atoms with E-state index in [9.17, 15) is 9.59 Å². The largest absolute Gasteiger partial charge is 0.463 e. The summed E-state index contributed by atoms with van der Waals surface area (Å²) in [6.45, 7) is 11.5. The molecule has 0 aromatic rings. The van der Waals surface area contributed by atoms with Crippen LogP contribution in [0.4, 0.5) is 0 Å². The van der Waals surface area contributed by atoms with Crippen molar-refractivity contribution < 1.29 is 23.8 Å². The molecule has 0 bridgehead atoms. The Labute approximate surface area is 204 Å². The average molecular weight is 471 g/mol. The van der Waals surface area contributed by atoms with Gasteiger partial charge < -0.3 is 14.2 Å². The summed E-state index contributed by atoms with van der Waals surface area (Å²) in [5.74, 6) is 2.05. The molecule has 6 aliphatic rings. The molecule has 188 valence electrons. The van der Waals surface area contributed by atoms with Crippen molar-refractivity contribution >= 4 is 11.8 Å². The first-order chi connectivity index (χ1) is 16.1. The zero-order valence-electron chi connectivity index (χ0n) is 21.6. The van der Waals surface area contributed by atoms with Gasteiger partial charge in [0.25, 0.3) is 0 Å². The van der Waals surface area contributed by atoms with E-state index in [4.69, 9.17) is 14.2 Å². The number of ketones is 1. The number of fused-ring (bicyclic) bond motifs is 7. The number of rotatable bonds is 1. The lowest BCUT2D eigenvalue weighted by Crippen LogP contribution is -2.53. The van der Waals surface area contributed by atoms with Gasteiger partial charge in [0.2, 0.25) is 0 Å². The highest BCUT2D eigenvalue weighted by molar-refractivity contribution is 5.97. The van der Waals surface area contributed by atoms with Gasteiger partial charge in [0.1, 0.15) is 6.10 Å². The monoisotopic (exact) mass is 470 g/mol. The Hall–Kier alpha value is -1.20. The standard InChI is InChI=1S/C29H42O5/c1-16-9-11-32-29(15-16)17(2)26-24(34-29)13-23-21-7-6-19-12-20(33-18(3)30)8-10-27(19,4)22(21)14-25(31)28(23,26)5/h14,16-17,19-21,23-24,26H,6-13,15H2,1-5H3/t16?,17?,19?,20?,21?,23?,24?,26?,27-,28+,29?/m0/s1. The fourth-order valence-corrected chi connectivity index (χ4v) is 9.75. The molecular formula is C29H42O5. The van der Waals surface area contributed by atoms with Crippen molar-refractivity contribution in [3.63, 3.8) is 0 Å². The number of carbonyl (C=O) groups excluding carboxylic acids is 2. The number of carbonyl (C=O) groups is 2. The van der Waals surface area contributed by atoms with E-state index in [1.165, 1.54) is 12.5 Å². The van der Waals surface area contributed by atoms with Gasteiger partial charge >= 0.3 is 5.97 Å². The van der Waals surface area contributed by atoms with Gasteiger partial charge in [-0.3, -0.25) is 9.59 Å². The van der Waals surface area contributed by atoms with E-state index < -0.39 is 5.79 Å². The molecule has 5 fully saturated rings. The van der Waals surface area contributed by atoms with Gasteiger partial charge in [0, 0.05) is 30.6 Å². The highest BCUT2D eigenvalue weighted by Gasteiger charge is 2.70. The topological polar surface area (TPSA) is 61.8 Å². The second-order valence-corrected chi connectivity index (χ2v) is 13.1. The van der Waals surface area contributed by atoms with Gasteiger partial charge in [-0.25, -0.2) is 0 Å². The fourth-order valence-electron chi connectivity index (χ4n) is 9.75. The second kappa shape index (κ2) is 7.65. The van der Waals surface area contributed by atoms with E-state index >= 15 is 0 Å². The molecule has 3 saturated carbocycles. The summed E-state index contributed by atoms with van der Waals surface area (Å²) in [7, 11) is 0. The van der Waals surface area contributed by atoms with Gasteiger partial charge in [-0.2, -0.15) is 0 Å². The molecule has 4 aliphatic carbocycles. The molecule has 5 heteroatoms. The summed E-state index contributed by atoms with van der Waals surface area (Å²) in [6, 6.07) is 0. The number of esters is 1. The summed E-state index contributed by atoms with van der Waals surface area (Å²) in [5, 5.41) is 0. The minimum absolute atomic E-state index is 0.0337. The number of allylic oxidation sites excluding steroid dienone is 2. The number of hydrogen-bond donors (Lipinski definition) is 0. The van der Waals surface area contributed by atoms with Crippen LogP contribution in [0.15, 0.2) is 11.6 Å². The molecule has 0 amide bonds. The Kier molecular flexibility index (Phi) is 5.22. The molecule has 2 heterocycles. The Morgan fingerprint density at radius 1 is 1.12 bits per heavy atom. The predicted octanol–water partition coefficient (Wildman–Crippen LogP) is 5.46. The maximum atomic E-state index is 14.1. The highest BCUT2D eigenvalue weighted by Crippen LogP contribution is 2.69. The van der Waals surface area contributed by atoms with Crippen LogP contribution in [0.3, 0.4) is 0 Å². The third kappa shape index (κ3) is 3.04. The molecule has 6 rings (SSSR count). The summed E-state index contributed by atoms with van der Waals surface area (Å²) in [4.78, 5) is 25.6. The van der Waals surface area contributed by atoms with Crippen molar-refractivity contribution in [2.24, 2.45) is 46.3 Å². The molecule has 9 unspecified atom stereocenters. The molecule has 34 heavy (non-hydrogen) atoms. The van der Waals surface area contributed by atoms with Crippen LogP contribution in [0.5, 0.6) is 0 Å². The average Bonchev–Trinajstić information content (AvgIpc) is 3.20. The fraction of sp³-hybridized carbons (Fsp3) is 0.862. The lowest BCUT2D eigenvalue weighted by Gasteiger charge is -2.56. The summed E-state index contributed by atoms with van der Waals surface area (Å²) < 4.78 is 18.8. The van der Waals surface area contributed by atoms with Crippen LogP contribution >= 0.6 is 0 Å². The Bertz CT molecular complexity index is 925. The SMILES string of the molecule is CC(=O)OC1CC[C@]2(C)C3=CC(=O)[C@@]4(C)C(CC5OC6(CC(C)CCO6)C(C)C54)C3CCC2C1. The molecule has 0 radical (unpaired) electrons. The van der Waals surface area contributed by atoms with E-state index in [1.807, 2.05) is 0 Å². The molecule has 5 nitrogen and oxygen atoms in total. The molecule has 2 saturated heterocycles. The molecule has 2 aliphatic heterocycles. The van der Waals surface area contributed by atoms with Crippen LogP contribution < -0.4 is 0 Å². The van der Waals surface area contributed by atoms with Crippen molar-refractivity contribution in [1.82, 2.24) is 0 Å². The lowest BCUT2D eigenvalue weighted by molar-refractivity contribution is -0.272. The smallest absolute Gasteiger partial charge is 0.302 e. The predicted molar refractivity (Wildman–Crippen MR) is 128 cm³/mol. The number of ether oxygens (including phenoxy) is 3. The van der Waals surface area contributed by atoms with Crippen LogP contribution in [-0.4, -0.2) is 36.4 Å². The van der Waals surface area contributed by atoms with Crippen LogP contribution in [0, 0.1) is 46.3 Å². The Morgan fingerprint density at radius 3 is 2.65 bits per heavy atom. The van der Waals surface area contributed by atoms with Crippen LogP contribution in [-0.2, 0) is 23.8 Å². The van der Waals surface area contributed by atoms with Crippen LogP contribution in [0.1, 0.15) is 86.0 Å². The zero-order chi connectivity index (χ0) is 24.0. The van der Waals surface area contributed by atoms with Crippen molar-refractivity contribution in [3.05, 3.63) is 11.6 Å². The summed E-state index contributed by atoms with van der Waals surface area (Å²) in [5.41, 5.74) is 1.09.